The number of rotatable bonds is 8. The molecule has 29 heavy (non-hydrogen) atoms. The molecule has 0 fully saturated rings. The van der Waals surface area contributed by atoms with Crippen LogP contribution < -0.4 is 10.6 Å². The summed E-state index contributed by atoms with van der Waals surface area (Å²) in [6, 6.07) is 12.8. The Morgan fingerprint density at radius 2 is 1.69 bits per heavy atom. The molecule has 0 saturated carbocycles. The lowest BCUT2D eigenvalue weighted by molar-refractivity contribution is 0.0691. The second kappa shape index (κ2) is 10.3. The van der Waals surface area contributed by atoms with E-state index in [1.807, 2.05) is 20.8 Å². The van der Waals surface area contributed by atoms with E-state index in [4.69, 9.17) is 5.11 Å². The molecule has 0 aliphatic heterocycles. The summed E-state index contributed by atoms with van der Waals surface area (Å²) < 4.78 is 0. The molecule has 3 N–H and O–H groups in total. The van der Waals surface area contributed by atoms with Gasteiger partial charge in [-0.3, -0.25) is 4.79 Å². The lowest BCUT2D eigenvalue weighted by Gasteiger charge is -2.27. The summed E-state index contributed by atoms with van der Waals surface area (Å²) in [5.74, 6) is -1.12. The third-order valence-electron chi connectivity index (χ3n) is 4.41. The van der Waals surface area contributed by atoms with Crippen molar-refractivity contribution in [3.8, 4) is 0 Å². The van der Waals surface area contributed by atoms with Gasteiger partial charge in [-0.25, -0.2) is 9.59 Å². The number of carbonyl (C=O) groups is 3. The first kappa shape index (κ1) is 21.9. The summed E-state index contributed by atoms with van der Waals surface area (Å²) in [5.41, 5.74) is 1.84. The third kappa shape index (κ3) is 6.07. The summed E-state index contributed by atoms with van der Waals surface area (Å²) in [7, 11) is 0. The number of para-hydroxylation sites is 1. The topological polar surface area (TPSA) is 98.7 Å². The van der Waals surface area contributed by atoms with E-state index in [-0.39, 0.29) is 24.1 Å². The molecule has 0 unspecified atom stereocenters. The average Bonchev–Trinajstić information content (AvgIpc) is 2.70. The first-order valence-electron chi connectivity index (χ1n) is 9.60. The number of carboxylic acid groups (broad SMARTS) is 1. The molecule has 7 nitrogen and oxygen atoms in total. The van der Waals surface area contributed by atoms with Gasteiger partial charge in [-0.15, -0.1) is 0 Å². The van der Waals surface area contributed by atoms with Gasteiger partial charge in [0.1, 0.15) is 0 Å². The summed E-state index contributed by atoms with van der Waals surface area (Å²) in [6.45, 7) is 6.82. The first-order chi connectivity index (χ1) is 13.8. The van der Waals surface area contributed by atoms with Crippen LogP contribution in [0.15, 0.2) is 48.5 Å². The molecule has 0 heterocycles. The molecular weight excluding hydrogens is 370 g/mol. The smallest absolute Gasteiger partial charge is 0.335 e. The van der Waals surface area contributed by atoms with Crippen molar-refractivity contribution in [2.24, 2.45) is 0 Å². The molecule has 0 bridgehead atoms. The van der Waals surface area contributed by atoms with Crippen LogP contribution in [-0.2, 0) is 6.54 Å². The number of carbonyl (C=O) groups excluding carboxylic acids is 2. The quantitative estimate of drug-likeness (QED) is 0.628. The zero-order valence-electron chi connectivity index (χ0n) is 16.9. The standard InChI is InChI=1S/C22H27N3O4/c1-4-13-25(15(2)3)20(26)18-7-5-6-8-19(18)24-22(29)23-14-16-9-11-17(12-10-16)21(27)28/h5-12,15H,4,13-14H2,1-3H3,(H,27,28)(H2,23,24,29). The molecule has 0 aromatic heterocycles. The highest BCUT2D eigenvalue weighted by molar-refractivity contribution is 6.03. The zero-order valence-corrected chi connectivity index (χ0v) is 16.9. The summed E-state index contributed by atoms with van der Waals surface area (Å²) >= 11 is 0. The Balaban J connectivity index is 2.05. The molecule has 7 heteroatoms. The Hall–Kier alpha value is -3.35. The second-order valence-electron chi connectivity index (χ2n) is 6.95. The van der Waals surface area contributed by atoms with Crippen LogP contribution in [0.4, 0.5) is 10.5 Å². The molecule has 0 saturated heterocycles. The number of amides is 3. The number of nitrogens with zero attached hydrogens (tertiary/aromatic N) is 1. The van der Waals surface area contributed by atoms with Crippen LogP contribution in [0.2, 0.25) is 0 Å². The van der Waals surface area contributed by atoms with E-state index in [9.17, 15) is 14.4 Å². The summed E-state index contributed by atoms with van der Waals surface area (Å²) in [4.78, 5) is 37.9. The molecule has 0 atom stereocenters. The predicted molar refractivity (Wildman–Crippen MR) is 112 cm³/mol. The minimum Gasteiger partial charge on any atom is -0.478 e. The number of aromatic carboxylic acids is 1. The number of nitrogens with one attached hydrogen (secondary N) is 2. The van der Waals surface area contributed by atoms with Gasteiger partial charge in [0.05, 0.1) is 16.8 Å². The monoisotopic (exact) mass is 397 g/mol. The SMILES string of the molecule is CCCN(C(=O)c1ccccc1NC(=O)NCc1ccc(C(=O)O)cc1)C(C)C. The van der Waals surface area contributed by atoms with E-state index < -0.39 is 12.0 Å². The van der Waals surface area contributed by atoms with Crippen LogP contribution in [0.3, 0.4) is 0 Å². The molecule has 0 spiro atoms. The Morgan fingerprint density at radius 3 is 2.28 bits per heavy atom. The van der Waals surface area contributed by atoms with Gasteiger partial charge in [-0.2, -0.15) is 0 Å². The number of hydrogen-bond acceptors (Lipinski definition) is 3. The maximum atomic E-state index is 13.0. The Kier molecular flexibility index (Phi) is 7.77. The van der Waals surface area contributed by atoms with Gasteiger partial charge in [0.2, 0.25) is 0 Å². The van der Waals surface area contributed by atoms with Crippen molar-refractivity contribution in [2.45, 2.75) is 39.8 Å². The molecule has 3 amide bonds. The van der Waals surface area contributed by atoms with E-state index in [0.29, 0.717) is 17.8 Å². The van der Waals surface area contributed by atoms with Crippen molar-refractivity contribution in [1.29, 1.82) is 0 Å². The van der Waals surface area contributed by atoms with Gasteiger partial charge >= 0.3 is 12.0 Å². The van der Waals surface area contributed by atoms with Crippen LogP contribution in [-0.4, -0.2) is 40.5 Å². The second-order valence-corrected chi connectivity index (χ2v) is 6.95. The van der Waals surface area contributed by atoms with Crippen LogP contribution in [0.25, 0.3) is 0 Å². The molecule has 0 aliphatic carbocycles. The Labute approximate surface area is 170 Å². The molecule has 2 aromatic carbocycles. The molecule has 154 valence electrons. The molecule has 0 aliphatic rings. The number of urea groups is 1. The van der Waals surface area contributed by atoms with Crippen molar-refractivity contribution in [3.63, 3.8) is 0 Å². The highest BCUT2D eigenvalue weighted by Gasteiger charge is 2.21. The Morgan fingerprint density at radius 1 is 1.03 bits per heavy atom. The highest BCUT2D eigenvalue weighted by atomic mass is 16.4. The van der Waals surface area contributed by atoms with Gasteiger partial charge in [-0.1, -0.05) is 31.2 Å². The lowest BCUT2D eigenvalue weighted by Crippen LogP contribution is -2.38. The third-order valence-corrected chi connectivity index (χ3v) is 4.41. The minimum atomic E-state index is -0.998. The minimum absolute atomic E-state index is 0.0538. The fourth-order valence-electron chi connectivity index (χ4n) is 2.88. The van der Waals surface area contributed by atoms with E-state index in [1.165, 1.54) is 12.1 Å². The zero-order chi connectivity index (χ0) is 21.4. The van der Waals surface area contributed by atoms with Crippen molar-refractivity contribution in [1.82, 2.24) is 10.2 Å². The van der Waals surface area contributed by atoms with Crippen LogP contribution in [0.1, 0.15) is 53.5 Å². The molecule has 0 radical (unpaired) electrons. The largest absolute Gasteiger partial charge is 0.478 e. The number of anilines is 1. The van der Waals surface area contributed by atoms with Crippen molar-refractivity contribution in [3.05, 3.63) is 65.2 Å². The van der Waals surface area contributed by atoms with Crippen LogP contribution in [0.5, 0.6) is 0 Å². The van der Waals surface area contributed by atoms with Gasteiger partial charge < -0.3 is 20.6 Å². The predicted octanol–water partition coefficient (Wildman–Crippen LogP) is 3.97. The van der Waals surface area contributed by atoms with Gasteiger partial charge in [0.15, 0.2) is 0 Å². The normalized spacial score (nSPS) is 10.5. The fraction of sp³-hybridized carbons (Fsp3) is 0.318. The molecule has 2 aromatic rings. The van der Waals surface area contributed by atoms with Gasteiger partial charge in [0.25, 0.3) is 5.91 Å². The van der Waals surface area contributed by atoms with Crippen molar-refractivity contribution in [2.75, 3.05) is 11.9 Å². The van der Waals surface area contributed by atoms with E-state index >= 15 is 0 Å². The summed E-state index contributed by atoms with van der Waals surface area (Å²) in [6.07, 6.45) is 0.848. The lowest BCUT2D eigenvalue weighted by atomic mass is 10.1. The fourth-order valence-corrected chi connectivity index (χ4v) is 2.88. The maximum Gasteiger partial charge on any atom is 0.335 e. The van der Waals surface area contributed by atoms with E-state index in [1.54, 1.807) is 41.3 Å². The summed E-state index contributed by atoms with van der Waals surface area (Å²) in [5, 5.41) is 14.4. The van der Waals surface area contributed by atoms with E-state index in [2.05, 4.69) is 10.6 Å². The molecular formula is C22H27N3O4. The van der Waals surface area contributed by atoms with Crippen LogP contribution >= 0.6 is 0 Å². The number of hydrogen-bond donors (Lipinski definition) is 3. The number of benzene rings is 2. The average molecular weight is 397 g/mol. The van der Waals surface area contributed by atoms with Crippen molar-refractivity contribution >= 4 is 23.6 Å². The molecule has 2 rings (SSSR count). The van der Waals surface area contributed by atoms with Gasteiger partial charge in [0, 0.05) is 19.1 Å². The van der Waals surface area contributed by atoms with Gasteiger partial charge in [-0.05, 0) is 50.1 Å². The highest BCUT2D eigenvalue weighted by Crippen LogP contribution is 2.19. The maximum absolute atomic E-state index is 13.0. The Bertz CT molecular complexity index is 863. The van der Waals surface area contributed by atoms with Crippen molar-refractivity contribution < 1.29 is 19.5 Å². The number of carboxylic acids is 1. The van der Waals surface area contributed by atoms with E-state index in [0.717, 1.165) is 12.0 Å². The first-order valence-corrected chi connectivity index (χ1v) is 9.60. The van der Waals surface area contributed by atoms with Crippen LogP contribution in [0, 0.1) is 0 Å².